The van der Waals surface area contributed by atoms with E-state index >= 15 is 0 Å². The van der Waals surface area contributed by atoms with E-state index in [0.29, 0.717) is 16.4 Å². The van der Waals surface area contributed by atoms with Gasteiger partial charge in [-0.3, -0.25) is 19.2 Å². The first kappa shape index (κ1) is 23.3. The fraction of sp³-hybridized carbons (Fsp3) is 0.364. The number of ether oxygens (including phenoxy) is 3. The van der Waals surface area contributed by atoms with E-state index in [2.05, 4.69) is 10.6 Å². The summed E-state index contributed by atoms with van der Waals surface area (Å²) in [6.07, 6.45) is -0.901. The van der Waals surface area contributed by atoms with E-state index in [0.717, 1.165) is 5.56 Å². The van der Waals surface area contributed by atoms with Crippen LogP contribution in [-0.4, -0.2) is 43.0 Å². The molecule has 3 rings (SSSR count). The molecule has 0 aliphatic carbocycles. The summed E-state index contributed by atoms with van der Waals surface area (Å²) in [4.78, 5) is 48.4. The lowest BCUT2D eigenvalue weighted by atomic mass is 10.2. The van der Waals surface area contributed by atoms with Crippen LogP contribution in [-0.2, 0) is 25.7 Å². The van der Waals surface area contributed by atoms with Gasteiger partial charge in [-0.05, 0) is 36.1 Å². The van der Waals surface area contributed by atoms with Crippen molar-refractivity contribution in [2.24, 2.45) is 0 Å². The highest BCUT2D eigenvalue weighted by Crippen LogP contribution is 2.32. The monoisotopic (exact) mass is 460 g/mol. The Labute approximate surface area is 189 Å². The summed E-state index contributed by atoms with van der Waals surface area (Å²) in [6.45, 7) is 1.96. The lowest BCUT2D eigenvalue weighted by Crippen LogP contribution is -2.36. The van der Waals surface area contributed by atoms with Gasteiger partial charge in [0.05, 0.1) is 11.3 Å². The molecule has 0 unspecified atom stereocenters. The number of thiophene rings is 1. The average molecular weight is 461 g/mol. The Morgan fingerprint density at radius 2 is 1.88 bits per heavy atom. The van der Waals surface area contributed by atoms with Gasteiger partial charge in [0, 0.05) is 25.9 Å². The summed E-state index contributed by atoms with van der Waals surface area (Å²) in [5, 5.41) is 7.07. The molecule has 0 saturated carbocycles. The molecule has 1 aliphatic heterocycles. The largest absolute Gasteiger partial charge is 0.454 e. The van der Waals surface area contributed by atoms with Gasteiger partial charge in [0.2, 0.25) is 12.7 Å². The molecule has 0 fully saturated rings. The highest BCUT2D eigenvalue weighted by Gasteiger charge is 2.19. The number of rotatable bonds is 11. The first-order valence-corrected chi connectivity index (χ1v) is 11.0. The highest BCUT2D eigenvalue weighted by molar-refractivity contribution is 7.12. The van der Waals surface area contributed by atoms with Crippen molar-refractivity contribution >= 4 is 34.9 Å². The standard InChI is InChI=1S/C22H24N2O7S/c1-14(22(28)24-12-15-4-6-17-18(11-15)30-13-29-17)31-21(27)8-9-23-20(26)7-5-16(25)19-3-2-10-32-19/h2-4,6,10-11,14H,5,7-9,12-13H2,1H3,(H,23,26)(H,24,28)/t14-/m0/s1. The zero-order chi connectivity index (χ0) is 22.9. The van der Waals surface area contributed by atoms with Gasteiger partial charge in [-0.15, -0.1) is 11.3 Å². The molecule has 0 bridgehead atoms. The van der Waals surface area contributed by atoms with E-state index in [1.54, 1.807) is 35.7 Å². The van der Waals surface area contributed by atoms with Gasteiger partial charge >= 0.3 is 5.97 Å². The lowest BCUT2D eigenvalue weighted by Gasteiger charge is -2.14. The van der Waals surface area contributed by atoms with Crippen LogP contribution in [0.3, 0.4) is 0 Å². The van der Waals surface area contributed by atoms with Crippen molar-refractivity contribution in [2.45, 2.75) is 38.8 Å². The number of ketones is 1. The van der Waals surface area contributed by atoms with E-state index in [-0.39, 0.29) is 50.8 Å². The second kappa shape index (κ2) is 11.3. The topological polar surface area (TPSA) is 120 Å². The number of carbonyl (C=O) groups excluding carboxylic acids is 4. The van der Waals surface area contributed by atoms with Crippen molar-refractivity contribution in [3.05, 3.63) is 46.2 Å². The van der Waals surface area contributed by atoms with Crippen LogP contribution in [0.1, 0.15) is 41.4 Å². The Bertz CT molecular complexity index is 975. The van der Waals surface area contributed by atoms with Crippen molar-refractivity contribution < 1.29 is 33.4 Å². The maximum Gasteiger partial charge on any atom is 0.308 e. The molecule has 2 N–H and O–H groups in total. The van der Waals surface area contributed by atoms with Crippen LogP contribution in [0.2, 0.25) is 0 Å². The first-order chi connectivity index (χ1) is 15.4. The van der Waals surface area contributed by atoms with Crippen molar-refractivity contribution in [3.8, 4) is 11.5 Å². The zero-order valence-electron chi connectivity index (χ0n) is 17.6. The molecule has 0 spiro atoms. The Kier molecular flexibility index (Phi) is 8.20. The molecule has 10 heteroatoms. The van der Waals surface area contributed by atoms with Crippen LogP contribution in [0.15, 0.2) is 35.7 Å². The molecule has 2 aromatic rings. The fourth-order valence-electron chi connectivity index (χ4n) is 2.87. The van der Waals surface area contributed by atoms with Crippen LogP contribution in [0.5, 0.6) is 11.5 Å². The highest BCUT2D eigenvalue weighted by atomic mass is 32.1. The molecular formula is C22H24N2O7S. The number of benzene rings is 1. The Morgan fingerprint density at radius 3 is 2.66 bits per heavy atom. The van der Waals surface area contributed by atoms with Gasteiger partial charge in [0.15, 0.2) is 23.4 Å². The van der Waals surface area contributed by atoms with Crippen LogP contribution in [0, 0.1) is 0 Å². The first-order valence-electron chi connectivity index (χ1n) is 10.1. The number of nitrogens with one attached hydrogen (secondary N) is 2. The predicted molar refractivity (Wildman–Crippen MR) is 115 cm³/mol. The summed E-state index contributed by atoms with van der Waals surface area (Å²) in [5.74, 6) is -0.178. The van der Waals surface area contributed by atoms with Crippen molar-refractivity contribution in [3.63, 3.8) is 0 Å². The van der Waals surface area contributed by atoms with Crippen LogP contribution >= 0.6 is 11.3 Å². The SMILES string of the molecule is C[C@H](OC(=O)CCNC(=O)CCC(=O)c1cccs1)C(=O)NCc1ccc2c(c1)OCO2. The molecule has 1 aromatic carbocycles. The average Bonchev–Trinajstić information content (AvgIpc) is 3.47. The Balaban J connectivity index is 1.29. The van der Waals surface area contributed by atoms with Gasteiger partial charge in [-0.2, -0.15) is 0 Å². The third kappa shape index (κ3) is 6.81. The summed E-state index contributed by atoms with van der Waals surface area (Å²) in [6, 6.07) is 8.84. The minimum Gasteiger partial charge on any atom is -0.454 e. The molecule has 2 heterocycles. The molecule has 0 saturated heterocycles. The molecule has 1 atom stereocenters. The van der Waals surface area contributed by atoms with Gasteiger partial charge in [0.1, 0.15) is 0 Å². The molecular weight excluding hydrogens is 436 g/mol. The Hall–Kier alpha value is -3.40. The molecule has 9 nitrogen and oxygen atoms in total. The summed E-state index contributed by atoms with van der Waals surface area (Å²) in [5.41, 5.74) is 0.821. The van der Waals surface area contributed by atoms with Crippen molar-refractivity contribution in [1.82, 2.24) is 10.6 Å². The number of esters is 1. The zero-order valence-corrected chi connectivity index (χ0v) is 18.4. The number of hydrogen-bond donors (Lipinski definition) is 2. The number of carbonyl (C=O) groups is 4. The van der Waals surface area contributed by atoms with Crippen LogP contribution in [0.4, 0.5) is 0 Å². The predicted octanol–water partition coefficient (Wildman–Crippen LogP) is 2.19. The molecule has 1 aromatic heterocycles. The molecule has 0 radical (unpaired) electrons. The number of fused-ring (bicyclic) bond motifs is 1. The van der Waals surface area contributed by atoms with E-state index in [9.17, 15) is 19.2 Å². The minimum absolute atomic E-state index is 0.0461. The number of amides is 2. The fourth-order valence-corrected chi connectivity index (χ4v) is 3.57. The Morgan fingerprint density at radius 1 is 1.06 bits per heavy atom. The molecule has 1 aliphatic rings. The van der Waals surface area contributed by atoms with E-state index < -0.39 is 18.0 Å². The lowest BCUT2D eigenvalue weighted by molar-refractivity contribution is -0.154. The van der Waals surface area contributed by atoms with Gasteiger partial charge in [-0.25, -0.2) is 0 Å². The minimum atomic E-state index is -0.976. The van der Waals surface area contributed by atoms with E-state index in [4.69, 9.17) is 14.2 Å². The normalized spacial score (nSPS) is 12.7. The van der Waals surface area contributed by atoms with Crippen LogP contribution < -0.4 is 20.1 Å². The van der Waals surface area contributed by atoms with Gasteiger partial charge < -0.3 is 24.8 Å². The summed E-state index contributed by atoms with van der Waals surface area (Å²) in [7, 11) is 0. The van der Waals surface area contributed by atoms with Gasteiger partial charge in [-0.1, -0.05) is 12.1 Å². The molecule has 170 valence electrons. The summed E-state index contributed by atoms with van der Waals surface area (Å²) >= 11 is 1.33. The van der Waals surface area contributed by atoms with Crippen molar-refractivity contribution in [2.75, 3.05) is 13.3 Å². The summed E-state index contributed by atoms with van der Waals surface area (Å²) < 4.78 is 15.6. The van der Waals surface area contributed by atoms with E-state index in [1.807, 2.05) is 0 Å². The quantitative estimate of drug-likeness (QED) is 0.390. The maximum atomic E-state index is 12.2. The van der Waals surface area contributed by atoms with Crippen molar-refractivity contribution in [1.29, 1.82) is 0 Å². The maximum absolute atomic E-state index is 12.2. The number of hydrogen-bond acceptors (Lipinski definition) is 8. The molecule has 32 heavy (non-hydrogen) atoms. The number of Topliss-reactive ketones (excluding diaryl/α,β-unsaturated/α-hetero) is 1. The third-order valence-electron chi connectivity index (χ3n) is 4.61. The van der Waals surface area contributed by atoms with E-state index in [1.165, 1.54) is 18.3 Å². The van der Waals surface area contributed by atoms with Gasteiger partial charge in [0.25, 0.3) is 5.91 Å². The second-order valence-corrected chi connectivity index (χ2v) is 7.99. The second-order valence-electron chi connectivity index (χ2n) is 7.04. The third-order valence-corrected chi connectivity index (χ3v) is 5.52. The smallest absolute Gasteiger partial charge is 0.308 e. The van der Waals surface area contributed by atoms with Crippen LogP contribution in [0.25, 0.3) is 0 Å². The molecule has 2 amide bonds.